The molecular weight excluding hydrogens is 444 g/mol. The van der Waals surface area contributed by atoms with E-state index in [0.717, 1.165) is 16.0 Å². The van der Waals surface area contributed by atoms with E-state index in [4.69, 9.17) is 14.3 Å². The number of likely N-dealkylation sites (N-methyl/N-ethyl adjacent to an activating group) is 1. The summed E-state index contributed by atoms with van der Waals surface area (Å²) in [6, 6.07) is 18.9. The number of hydrogen-bond acceptors (Lipinski definition) is 6. The molecule has 4 aromatic rings. The maximum atomic E-state index is 13.0. The van der Waals surface area contributed by atoms with E-state index in [9.17, 15) is 14.9 Å². The number of benzene rings is 2. The molecule has 2 amide bonds. The first kappa shape index (κ1) is 21.9. The van der Waals surface area contributed by atoms with Crippen LogP contribution in [-0.4, -0.2) is 40.7 Å². The average Bonchev–Trinajstić information content (AvgIpc) is 3.50. The molecule has 0 bridgehead atoms. The predicted molar refractivity (Wildman–Crippen MR) is 129 cm³/mol. The molecule has 172 valence electrons. The monoisotopic (exact) mass is 464 g/mol. The molecule has 0 saturated heterocycles. The van der Waals surface area contributed by atoms with E-state index < -0.39 is 11.8 Å². The summed E-state index contributed by atoms with van der Waals surface area (Å²) in [6.07, 6.45) is 3.43. The van der Waals surface area contributed by atoms with E-state index in [1.54, 1.807) is 31.0 Å². The molecule has 0 atom stereocenters. The van der Waals surface area contributed by atoms with Crippen molar-refractivity contribution in [3.8, 4) is 29.0 Å². The molecule has 0 unspecified atom stereocenters. The molecule has 8 heteroatoms. The number of para-hydroxylation sites is 2. The zero-order chi connectivity index (χ0) is 24.7. The Morgan fingerprint density at radius 1 is 1.09 bits per heavy atom. The molecule has 5 rings (SSSR count). The Bertz CT molecular complexity index is 1600. The SMILES string of the molecule is COc1cccc2cc(-c3nn(-c4ccccc4)cc3C=C3C(=O)N(C)C(=O)C(C#N)=C3C)oc12. The third-order valence-electron chi connectivity index (χ3n) is 5.97. The van der Waals surface area contributed by atoms with Crippen molar-refractivity contribution in [2.75, 3.05) is 14.2 Å². The van der Waals surface area contributed by atoms with Crippen LogP contribution in [0, 0.1) is 11.3 Å². The normalized spacial score (nSPS) is 15.3. The first-order valence-electron chi connectivity index (χ1n) is 10.8. The van der Waals surface area contributed by atoms with Crippen LogP contribution in [-0.2, 0) is 9.59 Å². The Balaban J connectivity index is 1.74. The number of nitriles is 1. The number of hydrogen-bond donors (Lipinski definition) is 0. The number of furan rings is 1. The van der Waals surface area contributed by atoms with Gasteiger partial charge in [-0.1, -0.05) is 30.3 Å². The minimum atomic E-state index is -0.614. The first-order chi connectivity index (χ1) is 16.9. The molecule has 1 aliphatic rings. The van der Waals surface area contributed by atoms with Gasteiger partial charge < -0.3 is 9.15 Å². The van der Waals surface area contributed by atoms with Gasteiger partial charge in [-0.25, -0.2) is 4.68 Å². The summed E-state index contributed by atoms with van der Waals surface area (Å²) < 4.78 is 13.3. The zero-order valence-electron chi connectivity index (χ0n) is 19.3. The quantitative estimate of drug-likeness (QED) is 0.325. The summed E-state index contributed by atoms with van der Waals surface area (Å²) in [6.45, 7) is 1.60. The molecule has 0 aliphatic carbocycles. The number of rotatable bonds is 4. The minimum Gasteiger partial charge on any atom is -0.493 e. The van der Waals surface area contributed by atoms with Crippen molar-refractivity contribution in [2.45, 2.75) is 6.92 Å². The second kappa shape index (κ2) is 8.47. The topological polar surface area (TPSA) is 101 Å². The molecular formula is C27H20N4O4. The van der Waals surface area contributed by atoms with Crippen LogP contribution in [0.25, 0.3) is 34.2 Å². The molecule has 0 fully saturated rings. The van der Waals surface area contributed by atoms with E-state index in [-0.39, 0.29) is 11.1 Å². The van der Waals surface area contributed by atoms with Crippen molar-refractivity contribution in [1.29, 1.82) is 5.26 Å². The first-order valence-corrected chi connectivity index (χ1v) is 10.8. The van der Waals surface area contributed by atoms with Gasteiger partial charge in [0, 0.05) is 29.8 Å². The molecule has 0 N–H and O–H groups in total. The highest BCUT2D eigenvalue weighted by Gasteiger charge is 2.33. The second-order valence-electron chi connectivity index (χ2n) is 8.04. The van der Waals surface area contributed by atoms with Gasteiger partial charge in [0.1, 0.15) is 17.3 Å². The van der Waals surface area contributed by atoms with Crippen LogP contribution in [0.2, 0.25) is 0 Å². The van der Waals surface area contributed by atoms with Crippen molar-refractivity contribution >= 4 is 28.9 Å². The molecule has 2 aromatic carbocycles. The molecule has 8 nitrogen and oxygen atoms in total. The summed E-state index contributed by atoms with van der Waals surface area (Å²) in [5, 5.41) is 15.1. The second-order valence-corrected chi connectivity index (χ2v) is 8.04. The highest BCUT2D eigenvalue weighted by Crippen LogP contribution is 2.36. The molecule has 3 heterocycles. The van der Waals surface area contributed by atoms with Gasteiger partial charge in [-0.05, 0) is 42.8 Å². The molecule has 0 spiro atoms. The van der Waals surface area contributed by atoms with Crippen LogP contribution in [0.1, 0.15) is 12.5 Å². The van der Waals surface area contributed by atoms with Gasteiger partial charge in [-0.2, -0.15) is 10.4 Å². The van der Waals surface area contributed by atoms with E-state index in [1.165, 1.54) is 7.05 Å². The highest BCUT2D eigenvalue weighted by molar-refractivity contribution is 6.19. The summed E-state index contributed by atoms with van der Waals surface area (Å²) >= 11 is 0. The predicted octanol–water partition coefficient (Wildman–Crippen LogP) is 4.52. The van der Waals surface area contributed by atoms with Crippen LogP contribution in [0.3, 0.4) is 0 Å². The summed E-state index contributed by atoms with van der Waals surface area (Å²) in [5.74, 6) is -0.0232. The number of fused-ring (bicyclic) bond motifs is 1. The number of nitrogens with zero attached hydrogens (tertiary/aromatic N) is 4. The number of methoxy groups -OCH3 is 1. The van der Waals surface area contributed by atoms with Crippen LogP contribution in [0.15, 0.2) is 81.9 Å². The lowest BCUT2D eigenvalue weighted by Crippen LogP contribution is -2.39. The van der Waals surface area contributed by atoms with Gasteiger partial charge in [0.25, 0.3) is 11.8 Å². The van der Waals surface area contributed by atoms with Gasteiger partial charge in [0.05, 0.1) is 12.8 Å². The van der Waals surface area contributed by atoms with E-state index in [0.29, 0.717) is 33.9 Å². The Morgan fingerprint density at radius 3 is 2.57 bits per heavy atom. The van der Waals surface area contributed by atoms with Gasteiger partial charge in [-0.3, -0.25) is 14.5 Å². The Morgan fingerprint density at radius 2 is 1.86 bits per heavy atom. The Hall–Kier alpha value is -4.90. The van der Waals surface area contributed by atoms with Crippen molar-refractivity contribution in [3.63, 3.8) is 0 Å². The van der Waals surface area contributed by atoms with Crippen LogP contribution in [0.5, 0.6) is 5.75 Å². The van der Waals surface area contributed by atoms with Crippen LogP contribution in [0.4, 0.5) is 0 Å². The molecule has 0 radical (unpaired) electrons. The van der Waals surface area contributed by atoms with Gasteiger partial charge >= 0.3 is 0 Å². The number of aromatic nitrogens is 2. The fourth-order valence-electron chi connectivity index (χ4n) is 4.06. The molecule has 2 aromatic heterocycles. The fraction of sp³-hybridized carbons (Fsp3) is 0.111. The summed E-state index contributed by atoms with van der Waals surface area (Å²) in [5.41, 5.74) is 2.99. The standard InChI is InChI=1S/C27H20N4O4/c1-16-20(26(32)30(2)27(33)21(16)14-28)12-18-15-31(19-9-5-4-6-10-19)29-24(18)23-13-17-8-7-11-22(34-3)25(17)35-23/h4-13,15H,1-3H3. The number of amides is 2. The van der Waals surface area contributed by atoms with Crippen molar-refractivity contribution in [2.24, 2.45) is 0 Å². The lowest BCUT2D eigenvalue weighted by molar-refractivity contribution is -0.138. The third kappa shape index (κ3) is 3.60. The largest absolute Gasteiger partial charge is 0.493 e. The average molecular weight is 464 g/mol. The van der Waals surface area contributed by atoms with Gasteiger partial charge in [-0.15, -0.1) is 0 Å². The molecule has 35 heavy (non-hydrogen) atoms. The zero-order valence-corrected chi connectivity index (χ0v) is 19.3. The van der Waals surface area contributed by atoms with Crippen molar-refractivity contribution < 1.29 is 18.7 Å². The summed E-state index contributed by atoms with van der Waals surface area (Å²) in [4.78, 5) is 26.3. The van der Waals surface area contributed by atoms with Gasteiger partial charge in [0.2, 0.25) is 0 Å². The van der Waals surface area contributed by atoms with Crippen LogP contribution < -0.4 is 4.74 Å². The Kier molecular flexibility index (Phi) is 5.30. The number of ether oxygens (including phenoxy) is 1. The maximum Gasteiger partial charge on any atom is 0.271 e. The maximum absolute atomic E-state index is 13.0. The van der Waals surface area contributed by atoms with Crippen molar-refractivity contribution in [3.05, 3.63) is 83.1 Å². The Labute approximate surface area is 200 Å². The van der Waals surface area contributed by atoms with E-state index in [2.05, 4.69) is 0 Å². The van der Waals surface area contributed by atoms with E-state index >= 15 is 0 Å². The lowest BCUT2D eigenvalue weighted by Gasteiger charge is -2.23. The van der Waals surface area contributed by atoms with Gasteiger partial charge in [0.15, 0.2) is 17.1 Å². The third-order valence-corrected chi connectivity index (χ3v) is 5.97. The summed E-state index contributed by atoms with van der Waals surface area (Å²) in [7, 11) is 2.94. The number of imide groups is 1. The minimum absolute atomic E-state index is 0.0659. The lowest BCUT2D eigenvalue weighted by atomic mass is 9.94. The highest BCUT2D eigenvalue weighted by atomic mass is 16.5. The molecule has 1 aliphatic heterocycles. The van der Waals surface area contributed by atoms with Crippen molar-refractivity contribution in [1.82, 2.24) is 14.7 Å². The van der Waals surface area contributed by atoms with Crippen LogP contribution >= 0.6 is 0 Å². The van der Waals surface area contributed by atoms with E-state index in [1.807, 2.05) is 60.7 Å². The fourth-order valence-corrected chi connectivity index (χ4v) is 4.06. The number of carbonyl (C=O) groups excluding carboxylic acids is 2. The smallest absolute Gasteiger partial charge is 0.271 e. The number of carbonyl (C=O) groups is 2. The molecule has 0 saturated carbocycles.